The van der Waals surface area contributed by atoms with Gasteiger partial charge in [-0.25, -0.2) is 0 Å². The van der Waals surface area contributed by atoms with E-state index in [1.54, 1.807) is 0 Å². The van der Waals surface area contributed by atoms with E-state index in [0.717, 1.165) is 18.1 Å². The smallest absolute Gasteiger partial charge is 0.119 e. The lowest BCUT2D eigenvalue weighted by molar-refractivity contribution is 0.0866. The molecule has 1 saturated carbocycles. The molecule has 2 nitrogen and oxygen atoms in total. The quantitative estimate of drug-likeness (QED) is 0.793. The molecule has 118 valence electrons. The Morgan fingerprint density at radius 1 is 1.10 bits per heavy atom. The van der Waals surface area contributed by atoms with Crippen molar-refractivity contribution in [2.45, 2.75) is 70.9 Å². The third kappa shape index (κ3) is 4.74. The average Bonchev–Trinajstić information content (AvgIpc) is 2.50. The summed E-state index contributed by atoms with van der Waals surface area (Å²) in [6.07, 6.45) is 9.06. The molecule has 0 radical (unpaired) electrons. The van der Waals surface area contributed by atoms with Crippen molar-refractivity contribution in [3.63, 3.8) is 0 Å². The minimum Gasteiger partial charge on any atom is -0.489 e. The second-order valence-electron chi connectivity index (χ2n) is 6.41. The van der Waals surface area contributed by atoms with Gasteiger partial charge in [-0.1, -0.05) is 45.2 Å². The highest BCUT2D eigenvalue weighted by molar-refractivity contribution is 5.27. The molecular formula is C19H31NO. The number of hydrogen-bond acceptors (Lipinski definition) is 2. The maximum Gasteiger partial charge on any atom is 0.119 e. The van der Waals surface area contributed by atoms with Gasteiger partial charge in [-0.15, -0.1) is 0 Å². The second kappa shape index (κ2) is 8.43. The molecule has 0 bridgehead atoms. The Hall–Kier alpha value is -1.02. The number of ether oxygens (including phenoxy) is 1. The number of likely N-dealkylation sites (N-methyl/N-ethyl adjacent to an activating group) is 1. The van der Waals surface area contributed by atoms with Gasteiger partial charge in [0.2, 0.25) is 0 Å². The molecule has 0 amide bonds. The summed E-state index contributed by atoms with van der Waals surface area (Å²) in [6.45, 7) is 4.50. The van der Waals surface area contributed by atoms with Crippen LogP contribution in [0.2, 0.25) is 0 Å². The fourth-order valence-electron chi connectivity index (χ4n) is 3.54. The molecule has 2 heteroatoms. The van der Waals surface area contributed by atoms with Gasteiger partial charge >= 0.3 is 0 Å². The molecule has 1 fully saturated rings. The van der Waals surface area contributed by atoms with Crippen LogP contribution in [0.4, 0.5) is 0 Å². The van der Waals surface area contributed by atoms with Gasteiger partial charge < -0.3 is 10.1 Å². The van der Waals surface area contributed by atoms with Gasteiger partial charge in [0.25, 0.3) is 0 Å². The van der Waals surface area contributed by atoms with Crippen LogP contribution in [0.1, 0.15) is 57.9 Å². The summed E-state index contributed by atoms with van der Waals surface area (Å²) in [4.78, 5) is 0. The van der Waals surface area contributed by atoms with Crippen molar-refractivity contribution in [2.24, 2.45) is 5.92 Å². The molecule has 3 unspecified atom stereocenters. The molecule has 0 spiro atoms. The molecule has 0 saturated heterocycles. The average molecular weight is 289 g/mol. The van der Waals surface area contributed by atoms with E-state index in [-0.39, 0.29) is 0 Å². The van der Waals surface area contributed by atoms with Crippen molar-refractivity contribution >= 4 is 0 Å². The molecule has 21 heavy (non-hydrogen) atoms. The Labute approximate surface area is 130 Å². The predicted octanol–water partition coefficient (Wildman–Crippen LogP) is 4.57. The minimum atomic E-state index is 0.317. The van der Waals surface area contributed by atoms with Crippen molar-refractivity contribution in [1.29, 1.82) is 0 Å². The van der Waals surface area contributed by atoms with Crippen molar-refractivity contribution in [2.75, 3.05) is 7.05 Å². The van der Waals surface area contributed by atoms with Crippen LogP contribution in [0.5, 0.6) is 5.75 Å². The number of hydrogen-bond donors (Lipinski definition) is 1. The van der Waals surface area contributed by atoms with Gasteiger partial charge in [0.1, 0.15) is 11.9 Å². The molecule has 0 aliphatic heterocycles. The molecule has 0 heterocycles. The van der Waals surface area contributed by atoms with Crippen LogP contribution < -0.4 is 10.1 Å². The predicted molar refractivity (Wildman–Crippen MR) is 89.9 cm³/mol. The standard InChI is InChI=1S/C19H31NO/c1-4-6-15-8-11-17(12-9-15)21-19-14-16(7-5-2)10-13-18(19)20-3/h8-9,11-12,16,18-20H,4-7,10,13-14H2,1-3H3. The fourth-order valence-corrected chi connectivity index (χ4v) is 3.54. The maximum absolute atomic E-state index is 6.31. The summed E-state index contributed by atoms with van der Waals surface area (Å²) in [7, 11) is 2.06. The van der Waals surface area contributed by atoms with Crippen LogP contribution in [-0.2, 0) is 6.42 Å². The van der Waals surface area contributed by atoms with Gasteiger partial charge in [-0.05, 0) is 56.3 Å². The Morgan fingerprint density at radius 2 is 1.86 bits per heavy atom. The SMILES string of the molecule is CCCc1ccc(OC2CC(CCC)CCC2NC)cc1. The highest BCUT2D eigenvalue weighted by atomic mass is 16.5. The van der Waals surface area contributed by atoms with Gasteiger partial charge in [-0.3, -0.25) is 0 Å². The van der Waals surface area contributed by atoms with Crippen LogP contribution in [0, 0.1) is 5.92 Å². The highest BCUT2D eigenvalue weighted by Gasteiger charge is 2.30. The zero-order valence-electron chi connectivity index (χ0n) is 13.9. The Morgan fingerprint density at radius 3 is 2.48 bits per heavy atom. The van der Waals surface area contributed by atoms with Crippen LogP contribution in [0.3, 0.4) is 0 Å². The van der Waals surface area contributed by atoms with Crippen LogP contribution in [0.25, 0.3) is 0 Å². The molecule has 3 atom stereocenters. The van der Waals surface area contributed by atoms with E-state index in [0.29, 0.717) is 12.1 Å². The van der Waals surface area contributed by atoms with Crippen molar-refractivity contribution < 1.29 is 4.74 Å². The second-order valence-corrected chi connectivity index (χ2v) is 6.41. The lowest BCUT2D eigenvalue weighted by Crippen LogP contribution is -2.45. The third-order valence-electron chi connectivity index (χ3n) is 4.72. The highest BCUT2D eigenvalue weighted by Crippen LogP contribution is 2.31. The number of nitrogens with one attached hydrogen (secondary N) is 1. The van der Waals surface area contributed by atoms with Crippen molar-refractivity contribution in [1.82, 2.24) is 5.32 Å². The van der Waals surface area contributed by atoms with E-state index in [1.807, 2.05) is 0 Å². The largest absolute Gasteiger partial charge is 0.489 e. The first-order chi connectivity index (χ1) is 10.3. The third-order valence-corrected chi connectivity index (χ3v) is 4.72. The summed E-state index contributed by atoms with van der Waals surface area (Å²) in [5.41, 5.74) is 1.41. The summed E-state index contributed by atoms with van der Waals surface area (Å²) >= 11 is 0. The van der Waals surface area contributed by atoms with E-state index in [2.05, 4.69) is 50.5 Å². The van der Waals surface area contributed by atoms with E-state index < -0.39 is 0 Å². The van der Waals surface area contributed by atoms with E-state index >= 15 is 0 Å². The first kappa shape index (κ1) is 16.4. The first-order valence-corrected chi connectivity index (χ1v) is 8.69. The summed E-state index contributed by atoms with van der Waals surface area (Å²) in [5, 5.41) is 3.44. The lowest BCUT2D eigenvalue weighted by Gasteiger charge is -2.36. The van der Waals surface area contributed by atoms with Gasteiger partial charge in [0, 0.05) is 6.04 Å². The maximum atomic E-state index is 6.31. The topological polar surface area (TPSA) is 21.3 Å². The summed E-state index contributed by atoms with van der Waals surface area (Å²) in [5.74, 6) is 1.86. The zero-order chi connectivity index (χ0) is 15.1. The molecule has 1 aromatic rings. The molecule has 1 aliphatic carbocycles. The monoisotopic (exact) mass is 289 g/mol. The van der Waals surface area contributed by atoms with Gasteiger partial charge in [-0.2, -0.15) is 0 Å². The Bertz CT molecular complexity index is 401. The summed E-state index contributed by atoms with van der Waals surface area (Å²) < 4.78 is 6.31. The fraction of sp³-hybridized carbons (Fsp3) is 0.684. The van der Waals surface area contributed by atoms with Crippen LogP contribution in [-0.4, -0.2) is 19.2 Å². The van der Waals surface area contributed by atoms with Crippen LogP contribution in [0.15, 0.2) is 24.3 Å². The molecular weight excluding hydrogens is 258 g/mol. The molecule has 0 aromatic heterocycles. The van der Waals surface area contributed by atoms with Gasteiger partial charge in [0.15, 0.2) is 0 Å². The molecule has 1 N–H and O–H groups in total. The number of benzene rings is 1. The lowest BCUT2D eigenvalue weighted by atomic mass is 9.81. The number of aryl methyl sites for hydroxylation is 1. The first-order valence-electron chi connectivity index (χ1n) is 8.69. The molecule has 2 rings (SSSR count). The molecule has 1 aliphatic rings. The van der Waals surface area contributed by atoms with Crippen molar-refractivity contribution in [3.05, 3.63) is 29.8 Å². The minimum absolute atomic E-state index is 0.317. The van der Waals surface area contributed by atoms with Crippen LogP contribution >= 0.6 is 0 Å². The van der Waals surface area contributed by atoms with E-state index in [4.69, 9.17) is 4.74 Å². The molecule has 1 aromatic carbocycles. The zero-order valence-corrected chi connectivity index (χ0v) is 13.9. The van der Waals surface area contributed by atoms with E-state index in [9.17, 15) is 0 Å². The van der Waals surface area contributed by atoms with Crippen molar-refractivity contribution in [3.8, 4) is 5.75 Å². The number of rotatable bonds is 7. The van der Waals surface area contributed by atoms with Gasteiger partial charge in [0.05, 0.1) is 0 Å². The Kier molecular flexibility index (Phi) is 6.56. The Balaban J connectivity index is 1.97. The summed E-state index contributed by atoms with van der Waals surface area (Å²) in [6, 6.07) is 9.19. The van der Waals surface area contributed by atoms with E-state index in [1.165, 1.54) is 44.1 Å². The normalized spacial score (nSPS) is 25.8.